The Hall–Kier alpha value is 0. The molecule has 0 aromatic carbocycles. The molecule has 0 heterocycles. The molecule has 0 nitrogen and oxygen atoms in total. The second kappa shape index (κ2) is 8.32. The fraction of sp³-hybridized carbons (Fsp3) is 1.00. The average Bonchev–Trinajstić information content (AvgIpc) is 2.21. The van der Waals surface area contributed by atoms with Crippen LogP contribution in [-0.2, 0) is 0 Å². The molecule has 0 radical (unpaired) electrons. The summed E-state index contributed by atoms with van der Waals surface area (Å²) in [6.07, 6.45) is 8.33. The van der Waals surface area contributed by atoms with E-state index in [1.807, 2.05) is 0 Å². The molecular formula is C14H30. The van der Waals surface area contributed by atoms with Crippen molar-refractivity contribution in [1.29, 1.82) is 0 Å². The Morgan fingerprint density at radius 1 is 0.857 bits per heavy atom. The van der Waals surface area contributed by atoms with Gasteiger partial charge in [0.05, 0.1) is 0 Å². The molecule has 0 aliphatic rings. The Kier molecular flexibility index (Phi) is 8.32. The molecule has 0 aliphatic heterocycles. The fourth-order valence-corrected chi connectivity index (χ4v) is 2.46. The Labute approximate surface area is 91.5 Å². The number of unbranched alkanes of at least 4 members (excludes halogenated alkanes) is 1. The van der Waals surface area contributed by atoms with Crippen molar-refractivity contribution < 1.29 is 0 Å². The van der Waals surface area contributed by atoms with Crippen LogP contribution in [-0.4, -0.2) is 0 Å². The van der Waals surface area contributed by atoms with Crippen LogP contribution in [0.5, 0.6) is 0 Å². The lowest BCUT2D eigenvalue weighted by molar-refractivity contribution is 0.227. The molecule has 0 rings (SSSR count). The topological polar surface area (TPSA) is 0 Å². The largest absolute Gasteiger partial charge is 0.0654 e. The summed E-state index contributed by atoms with van der Waals surface area (Å²) in [5, 5.41) is 0. The van der Waals surface area contributed by atoms with E-state index >= 15 is 0 Å². The van der Waals surface area contributed by atoms with E-state index in [0.717, 1.165) is 17.8 Å². The molecule has 0 bridgehead atoms. The van der Waals surface area contributed by atoms with E-state index in [1.54, 1.807) is 0 Å². The normalized spacial score (nSPS) is 17.8. The van der Waals surface area contributed by atoms with Crippen molar-refractivity contribution in [1.82, 2.24) is 0 Å². The summed E-state index contributed by atoms with van der Waals surface area (Å²) in [4.78, 5) is 0. The zero-order valence-corrected chi connectivity index (χ0v) is 11.0. The minimum absolute atomic E-state index is 0.923. The standard InChI is InChI=1S/C14H30/c1-6-9-11-12(4)13(5)14(8-3)10-7-2/h12-14H,6-11H2,1-5H3. The third-order valence-corrected chi connectivity index (χ3v) is 3.84. The summed E-state index contributed by atoms with van der Waals surface area (Å²) in [6, 6.07) is 0. The maximum Gasteiger partial charge on any atom is -0.0389 e. The van der Waals surface area contributed by atoms with Crippen LogP contribution in [0.3, 0.4) is 0 Å². The van der Waals surface area contributed by atoms with Crippen molar-refractivity contribution in [3.63, 3.8) is 0 Å². The fourth-order valence-electron chi connectivity index (χ4n) is 2.46. The van der Waals surface area contributed by atoms with Crippen molar-refractivity contribution in [2.75, 3.05) is 0 Å². The first-order chi connectivity index (χ1) is 6.67. The smallest absolute Gasteiger partial charge is 0.0389 e. The zero-order valence-electron chi connectivity index (χ0n) is 11.0. The third kappa shape index (κ3) is 5.02. The van der Waals surface area contributed by atoms with Gasteiger partial charge in [0.1, 0.15) is 0 Å². The molecule has 0 saturated carbocycles. The van der Waals surface area contributed by atoms with E-state index in [2.05, 4.69) is 34.6 Å². The molecule has 0 amide bonds. The molecule has 86 valence electrons. The lowest BCUT2D eigenvalue weighted by Crippen LogP contribution is -2.18. The average molecular weight is 198 g/mol. The van der Waals surface area contributed by atoms with Gasteiger partial charge >= 0.3 is 0 Å². The van der Waals surface area contributed by atoms with Crippen LogP contribution >= 0.6 is 0 Å². The van der Waals surface area contributed by atoms with Gasteiger partial charge < -0.3 is 0 Å². The summed E-state index contributed by atoms with van der Waals surface area (Å²) in [7, 11) is 0. The van der Waals surface area contributed by atoms with Crippen molar-refractivity contribution in [2.45, 2.75) is 73.1 Å². The van der Waals surface area contributed by atoms with Gasteiger partial charge in [-0.05, 0) is 17.8 Å². The first-order valence-corrected chi connectivity index (χ1v) is 6.67. The first-order valence-electron chi connectivity index (χ1n) is 6.67. The summed E-state index contributed by atoms with van der Waals surface area (Å²) >= 11 is 0. The van der Waals surface area contributed by atoms with Gasteiger partial charge in [0, 0.05) is 0 Å². The molecule has 3 unspecified atom stereocenters. The number of hydrogen-bond acceptors (Lipinski definition) is 0. The summed E-state index contributed by atoms with van der Waals surface area (Å²) in [5.74, 6) is 2.81. The van der Waals surface area contributed by atoms with Crippen molar-refractivity contribution in [3.8, 4) is 0 Å². The third-order valence-electron chi connectivity index (χ3n) is 3.84. The monoisotopic (exact) mass is 198 g/mol. The van der Waals surface area contributed by atoms with Gasteiger partial charge in [0.15, 0.2) is 0 Å². The molecule has 3 atom stereocenters. The highest BCUT2D eigenvalue weighted by atomic mass is 14.3. The van der Waals surface area contributed by atoms with Gasteiger partial charge in [-0.15, -0.1) is 0 Å². The van der Waals surface area contributed by atoms with Gasteiger partial charge in [-0.1, -0.05) is 73.1 Å². The SMILES string of the molecule is CCCCC(C)C(C)C(CC)CCC. The number of hydrogen-bond donors (Lipinski definition) is 0. The van der Waals surface area contributed by atoms with Gasteiger partial charge in [-0.3, -0.25) is 0 Å². The van der Waals surface area contributed by atoms with E-state index in [1.165, 1.54) is 38.5 Å². The van der Waals surface area contributed by atoms with Gasteiger partial charge in [0.2, 0.25) is 0 Å². The Morgan fingerprint density at radius 2 is 1.50 bits per heavy atom. The number of rotatable bonds is 8. The first kappa shape index (κ1) is 14.0. The van der Waals surface area contributed by atoms with Crippen molar-refractivity contribution in [2.24, 2.45) is 17.8 Å². The molecule has 0 aliphatic carbocycles. The lowest BCUT2D eigenvalue weighted by Gasteiger charge is -2.28. The van der Waals surface area contributed by atoms with E-state index in [9.17, 15) is 0 Å². The predicted octanol–water partition coefficient (Wildman–Crippen LogP) is 5.28. The molecule has 14 heavy (non-hydrogen) atoms. The summed E-state index contributed by atoms with van der Waals surface area (Å²) in [5.41, 5.74) is 0. The maximum absolute atomic E-state index is 2.46. The lowest BCUT2D eigenvalue weighted by atomic mass is 9.78. The van der Waals surface area contributed by atoms with Gasteiger partial charge in [0.25, 0.3) is 0 Å². The van der Waals surface area contributed by atoms with E-state index in [0.29, 0.717) is 0 Å². The highest BCUT2D eigenvalue weighted by Gasteiger charge is 2.19. The van der Waals surface area contributed by atoms with E-state index < -0.39 is 0 Å². The van der Waals surface area contributed by atoms with Gasteiger partial charge in [-0.25, -0.2) is 0 Å². The maximum atomic E-state index is 2.46. The molecule has 0 N–H and O–H groups in total. The van der Waals surface area contributed by atoms with Crippen LogP contribution < -0.4 is 0 Å². The molecule has 0 saturated heterocycles. The van der Waals surface area contributed by atoms with Crippen LogP contribution in [0.4, 0.5) is 0 Å². The van der Waals surface area contributed by atoms with Crippen LogP contribution in [0.15, 0.2) is 0 Å². The predicted molar refractivity (Wildman–Crippen MR) is 66.5 cm³/mol. The molecule has 0 heteroatoms. The minimum Gasteiger partial charge on any atom is -0.0654 e. The summed E-state index contributed by atoms with van der Waals surface area (Å²) < 4.78 is 0. The minimum atomic E-state index is 0.923. The molecule has 0 aromatic rings. The second-order valence-electron chi connectivity index (χ2n) is 4.94. The van der Waals surface area contributed by atoms with Crippen LogP contribution in [0.2, 0.25) is 0 Å². The zero-order chi connectivity index (χ0) is 11.0. The molecule has 0 spiro atoms. The van der Waals surface area contributed by atoms with E-state index in [-0.39, 0.29) is 0 Å². The van der Waals surface area contributed by atoms with Crippen molar-refractivity contribution >= 4 is 0 Å². The molecule has 0 aromatic heterocycles. The molecule has 0 fully saturated rings. The Bertz CT molecular complexity index is 117. The highest BCUT2D eigenvalue weighted by Crippen LogP contribution is 2.30. The van der Waals surface area contributed by atoms with Crippen LogP contribution in [0.25, 0.3) is 0 Å². The van der Waals surface area contributed by atoms with E-state index in [4.69, 9.17) is 0 Å². The van der Waals surface area contributed by atoms with Crippen molar-refractivity contribution in [3.05, 3.63) is 0 Å². The Morgan fingerprint density at radius 3 is 1.93 bits per heavy atom. The van der Waals surface area contributed by atoms with Crippen LogP contribution in [0.1, 0.15) is 73.1 Å². The molecular weight excluding hydrogens is 168 g/mol. The summed E-state index contributed by atoms with van der Waals surface area (Å²) in [6.45, 7) is 11.9. The Balaban J connectivity index is 3.91. The van der Waals surface area contributed by atoms with Gasteiger partial charge in [-0.2, -0.15) is 0 Å². The highest BCUT2D eigenvalue weighted by molar-refractivity contribution is 4.70. The second-order valence-corrected chi connectivity index (χ2v) is 4.94. The van der Waals surface area contributed by atoms with Crippen LogP contribution in [0, 0.1) is 17.8 Å². The quantitative estimate of drug-likeness (QED) is 0.498.